The van der Waals surface area contributed by atoms with Crippen molar-refractivity contribution in [1.29, 1.82) is 0 Å². The molecule has 0 spiro atoms. The normalized spacial score (nSPS) is 19.1. The Hall–Kier alpha value is -1.88. The molecule has 5 nitrogen and oxygen atoms in total. The van der Waals surface area contributed by atoms with Crippen LogP contribution in [0.5, 0.6) is 0 Å². The Morgan fingerprint density at radius 2 is 2.24 bits per heavy atom. The lowest BCUT2D eigenvalue weighted by molar-refractivity contribution is 0.240. The topological polar surface area (TPSA) is 45.4 Å². The molecular weight excluding hydrogens is 264 g/mol. The molecule has 0 unspecified atom stereocenters. The highest BCUT2D eigenvalue weighted by molar-refractivity contribution is 5.40. The van der Waals surface area contributed by atoms with Gasteiger partial charge in [-0.25, -0.2) is 4.98 Å². The third kappa shape index (κ3) is 3.08. The molecule has 1 aliphatic heterocycles. The van der Waals surface area contributed by atoms with E-state index < -0.39 is 0 Å². The molecule has 0 aliphatic carbocycles. The number of hydrogen-bond donors (Lipinski definition) is 0. The highest BCUT2D eigenvalue weighted by Crippen LogP contribution is 2.33. The van der Waals surface area contributed by atoms with Gasteiger partial charge in [-0.1, -0.05) is 5.16 Å². The second kappa shape index (κ2) is 5.85. The lowest BCUT2D eigenvalue weighted by Gasteiger charge is -2.24. The van der Waals surface area contributed by atoms with Gasteiger partial charge >= 0.3 is 0 Å². The van der Waals surface area contributed by atoms with Crippen molar-refractivity contribution in [3.05, 3.63) is 41.4 Å². The van der Waals surface area contributed by atoms with Crippen molar-refractivity contribution in [1.82, 2.24) is 15.0 Å². The Morgan fingerprint density at radius 1 is 1.38 bits per heavy atom. The van der Waals surface area contributed by atoms with Gasteiger partial charge in [-0.15, -0.1) is 0 Å². The van der Waals surface area contributed by atoms with Gasteiger partial charge in [0.2, 0.25) is 0 Å². The van der Waals surface area contributed by atoms with E-state index in [4.69, 9.17) is 4.52 Å². The van der Waals surface area contributed by atoms with E-state index in [0.717, 1.165) is 30.4 Å². The number of aryl methyl sites for hydroxylation is 1. The van der Waals surface area contributed by atoms with Crippen LogP contribution in [-0.2, 0) is 6.54 Å². The Kier molecular flexibility index (Phi) is 3.92. The maximum atomic E-state index is 5.17. The summed E-state index contributed by atoms with van der Waals surface area (Å²) in [5.41, 5.74) is 2.35. The third-order valence-electron chi connectivity index (χ3n) is 4.02. The molecule has 0 bridgehead atoms. The van der Waals surface area contributed by atoms with Crippen LogP contribution in [0.4, 0.5) is 5.82 Å². The van der Waals surface area contributed by atoms with E-state index in [1.54, 1.807) is 0 Å². The lowest BCUT2D eigenvalue weighted by atomic mass is 10.1. The number of anilines is 1. The summed E-state index contributed by atoms with van der Waals surface area (Å²) in [4.78, 5) is 8.93. The second-order valence-corrected chi connectivity index (χ2v) is 5.90. The predicted octanol–water partition coefficient (Wildman–Crippen LogP) is 2.78. The number of pyridine rings is 1. The molecule has 112 valence electrons. The smallest absolute Gasteiger partial charge is 0.133 e. The molecule has 0 aromatic carbocycles. The molecule has 1 fully saturated rings. The van der Waals surface area contributed by atoms with Gasteiger partial charge in [-0.3, -0.25) is 4.90 Å². The predicted molar refractivity (Wildman–Crippen MR) is 82.2 cm³/mol. The first-order valence-corrected chi connectivity index (χ1v) is 7.43. The van der Waals surface area contributed by atoms with E-state index in [1.807, 2.05) is 38.2 Å². The number of aromatic nitrogens is 2. The van der Waals surface area contributed by atoms with Crippen molar-refractivity contribution >= 4 is 5.82 Å². The van der Waals surface area contributed by atoms with Crippen molar-refractivity contribution in [2.45, 2.75) is 32.4 Å². The van der Waals surface area contributed by atoms with Crippen molar-refractivity contribution in [2.24, 2.45) is 0 Å². The summed E-state index contributed by atoms with van der Waals surface area (Å²) < 4.78 is 5.17. The summed E-state index contributed by atoms with van der Waals surface area (Å²) >= 11 is 0. The fraction of sp³-hybridized carbons (Fsp3) is 0.500. The molecular formula is C16H22N4O. The monoisotopic (exact) mass is 286 g/mol. The quantitative estimate of drug-likeness (QED) is 0.865. The Labute approximate surface area is 125 Å². The molecule has 1 aliphatic rings. The van der Waals surface area contributed by atoms with E-state index in [2.05, 4.69) is 27.2 Å². The van der Waals surface area contributed by atoms with Crippen LogP contribution in [-0.4, -0.2) is 35.7 Å². The number of likely N-dealkylation sites (tertiary alicyclic amines) is 1. The first-order chi connectivity index (χ1) is 10.1. The van der Waals surface area contributed by atoms with Crippen molar-refractivity contribution in [2.75, 3.05) is 25.5 Å². The number of rotatable bonds is 4. The second-order valence-electron chi connectivity index (χ2n) is 5.90. The molecule has 21 heavy (non-hydrogen) atoms. The summed E-state index contributed by atoms with van der Waals surface area (Å²) in [6.45, 7) is 3.89. The van der Waals surface area contributed by atoms with Gasteiger partial charge in [-0.05, 0) is 44.0 Å². The molecule has 0 amide bonds. The largest absolute Gasteiger partial charge is 0.363 e. The van der Waals surface area contributed by atoms with Gasteiger partial charge in [0.1, 0.15) is 11.6 Å². The van der Waals surface area contributed by atoms with Gasteiger partial charge in [0.25, 0.3) is 0 Å². The summed E-state index contributed by atoms with van der Waals surface area (Å²) in [6, 6.07) is 6.79. The highest BCUT2D eigenvalue weighted by Gasteiger charge is 2.27. The fourth-order valence-corrected chi connectivity index (χ4v) is 2.98. The van der Waals surface area contributed by atoms with Crippen molar-refractivity contribution < 1.29 is 4.52 Å². The fourth-order valence-electron chi connectivity index (χ4n) is 2.98. The minimum Gasteiger partial charge on any atom is -0.363 e. The van der Waals surface area contributed by atoms with Crippen LogP contribution in [0.1, 0.15) is 35.9 Å². The van der Waals surface area contributed by atoms with Crippen LogP contribution in [0.15, 0.2) is 28.9 Å². The number of hydrogen-bond acceptors (Lipinski definition) is 5. The van der Waals surface area contributed by atoms with Gasteiger partial charge in [0.15, 0.2) is 0 Å². The average Bonchev–Trinajstić information content (AvgIpc) is 3.09. The zero-order valence-corrected chi connectivity index (χ0v) is 12.9. The Morgan fingerprint density at radius 3 is 2.95 bits per heavy atom. The Balaban J connectivity index is 1.78. The van der Waals surface area contributed by atoms with Crippen LogP contribution >= 0.6 is 0 Å². The standard InChI is InChI=1S/C16H22N4O/c1-12-9-14(18-21-12)11-20-8-4-5-15(20)13-6-7-17-16(10-13)19(2)3/h6-7,9-10,15H,4-5,8,11H2,1-3H3/t15-/m1/s1. The van der Waals surface area contributed by atoms with Crippen LogP contribution in [0.3, 0.4) is 0 Å². The SMILES string of the molecule is Cc1cc(CN2CCC[C@@H]2c2ccnc(N(C)C)c2)no1. The zero-order chi connectivity index (χ0) is 14.8. The average molecular weight is 286 g/mol. The molecule has 3 heterocycles. The van der Waals surface area contributed by atoms with E-state index >= 15 is 0 Å². The van der Waals surface area contributed by atoms with Crippen LogP contribution in [0.2, 0.25) is 0 Å². The summed E-state index contributed by atoms with van der Waals surface area (Å²) in [6.07, 6.45) is 4.32. The Bertz CT molecular complexity index is 608. The molecule has 0 saturated carbocycles. The summed E-state index contributed by atoms with van der Waals surface area (Å²) in [5.74, 6) is 1.89. The van der Waals surface area contributed by atoms with Gasteiger partial charge in [0.05, 0.1) is 5.69 Å². The van der Waals surface area contributed by atoms with E-state index in [9.17, 15) is 0 Å². The molecule has 5 heteroatoms. The van der Waals surface area contributed by atoms with Crippen molar-refractivity contribution in [3.8, 4) is 0 Å². The van der Waals surface area contributed by atoms with E-state index in [1.165, 1.54) is 18.4 Å². The maximum Gasteiger partial charge on any atom is 0.133 e. The van der Waals surface area contributed by atoms with Crippen LogP contribution < -0.4 is 4.90 Å². The third-order valence-corrected chi connectivity index (χ3v) is 4.02. The first kappa shape index (κ1) is 14.1. The minimum atomic E-state index is 0.448. The molecule has 1 atom stereocenters. The molecule has 2 aromatic heterocycles. The zero-order valence-electron chi connectivity index (χ0n) is 12.9. The lowest BCUT2D eigenvalue weighted by Crippen LogP contribution is -2.23. The van der Waals surface area contributed by atoms with E-state index in [0.29, 0.717) is 6.04 Å². The number of nitrogens with zero attached hydrogens (tertiary/aromatic N) is 4. The molecule has 0 N–H and O–H groups in total. The van der Waals surface area contributed by atoms with Gasteiger partial charge < -0.3 is 9.42 Å². The summed E-state index contributed by atoms with van der Waals surface area (Å²) in [7, 11) is 4.05. The van der Waals surface area contributed by atoms with Crippen LogP contribution in [0, 0.1) is 6.92 Å². The molecule has 1 saturated heterocycles. The summed E-state index contributed by atoms with van der Waals surface area (Å²) in [5, 5.41) is 4.12. The highest BCUT2D eigenvalue weighted by atomic mass is 16.5. The van der Waals surface area contributed by atoms with Crippen LogP contribution in [0.25, 0.3) is 0 Å². The van der Waals surface area contributed by atoms with E-state index in [-0.39, 0.29) is 0 Å². The van der Waals surface area contributed by atoms with Gasteiger partial charge in [-0.2, -0.15) is 0 Å². The maximum absolute atomic E-state index is 5.17. The first-order valence-electron chi connectivity index (χ1n) is 7.43. The molecule has 3 rings (SSSR count). The van der Waals surface area contributed by atoms with Gasteiger partial charge in [0, 0.05) is 38.9 Å². The minimum absolute atomic E-state index is 0.448. The van der Waals surface area contributed by atoms with Crippen molar-refractivity contribution in [3.63, 3.8) is 0 Å². The molecule has 2 aromatic rings. The molecule has 0 radical (unpaired) electrons.